The fourth-order valence-corrected chi connectivity index (χ4v) is 1.70. The molecule has 0 aliphatic carbocycles. The molecule has 1 heterocycles. The lowest BCUT2D eigenvalue weighted by Gasteiger charge is -2.13. The maximum atomic E-state index is 12.3. The van der Waals surface area contributed by atoms with E-state index in [1.165, 1.54) is 0 Å². The number of amides is 1. The van der Waals surface area contributed by atoms with Crippen LogP contribution in [0.2, 0.25) is 0 Å². The number of nitrogens with one attached hydrogen (secondary N) is 2. The van der Waals surface area contributed by atoms with Gasteiger partial charge in [-0.1, -0.05) is 20.8 Å². The number of anilines is 1. The SMILES string of the molecule is CCCNc1cnc(C(C)C)nc1C(=O)NCCOCC. The van der Waals surface area contributed by atoms with Gasteiger partial charge >= 0.3 is 0 Å². The maximum Gasteiger partial charge on any atom is 0.272 e. The van der Waals surface area contributed by atoms with Gasteiger partial charge in [0.05, 0.1) is 18.5 Å². The normalized spacial score (nSPS) is 10.7. The summed E-state index contributed by atoms with van der Waals surface area (Å²) in [4.78, 5) is 21.0. The van der Waals surface area contributed by atoms with Crippen LogP contribution in [0.3, 0.4) is 0 Å². The summed E-state index contributed by atoms with van der Waals surface area (Å²) in [7, 11) is 0. The fourth-order valence-electron chi connectivity index (χ4n) is 1.70. The van der Waals surface area contributed by atoms with Gasteiger partial charge in [-0.3, -0.25) is 4.79 Å². The van der Waals surface area contributed by atoms with Crippen molar-refractivity contribution in [2.45, 2.75) is 40.0 Å². The van der Waals surface area contributed by atoms with E-state index in [2.05, 4.69) is 27.5 Å². The van der Waals surface area contributed by atoms with Crippen molar-refractivity contribution >= 4 is 11.6 Å². The maximum absolute atomic E-state index is 12.3. The van der Waals surface area contributed by atoms with Gasteiger partial charge < -0.3 is 15.4 Å². The molecule has 0 aliphatic heterocycles. The number of aromatic nitrogens is 2. The van der Waals surface area contributed by atoms with Gasteiger partial charge in [0.2, 0.25) is 0 Å². The monoisotopic (exact) mass is 294 g/mol. The molecule has 1 amide bonds. The molecule has 118 valence electrons. The van der Waals surface area contributed by atoms with Crippen LogP contribution >= 0.6 is 0 Å². The number of nitrogens with zero attached hydrogens (tertiary/aromatic N) is 2. The molecule has 0 bridgehead atoms. The van der Waals surface area contributed by atoms with E-state index in [0.29, 0.717) is 37.0 Å². The average molecular weight is 294 g/mol. The molecule has 6 heteroatoms. The predicted molar refractivity (Wildman–Crippen MR) is 83.7 cm³/mol. The van der Waals surface area contributed by atoms with Crippen molar-refractivity contribution in [1.29, 1.82) is 0 Å². The number of carbonyl (C=O) groups excluding carboxylic acids is 1. The summed E-state index contributed by atoms with van der Waals surface area (Å²) >= 11 is 0. The molecule has 0 radical (unpaired) electrons. The lowest BCUT2D eigenvalue weighted by molar-refractivity contribution is 0.0918. The molecule has 1 aromatic rings. The number of carbonyl (C=O) groups is 1. The summed E-state index contributed by atoms with van der Waals surface area (Å²) in [6, 6.07) is 0. The van der Waals surface area contributed by atoms with Gasteiger partial charge in [0.15, 0.2) is 5.69 Å². The van der Waals surface area contributed by atoms with Gasteiger partial charge in [-0.15, -0.1) is 0 Å². The second-order valence-corrected chi connectivity index (χ2v) is 5.02. The molecule has 0 aromatic carbocycles. The summed E-state index contributed by atoms with van der Waals surface area (Å²) in [5.74, 6) is 0.657. The van der Waals surface area contributed by atoms with E-state index in [9.17, 15) is 4.79 Å². The first-order valence-electron chi connectivity index (χ1n) is 7.56. The van der Waals surface area contributed by atoms with Crippen LogP contribution in [0.25, 0.3) is 0 Å². The largest absolute Gasteiger partial charge is 0.382 e. The van der Waals surface area contributed by atoms with E-state index in [1.54, 1.807) is 6.20 Å². The Morgan fingerprint density at radius 1 is 1.33 bits per heavy atom. The van der Waals surface area contributed by atoms with Crippen LogP contribution in [0.4, 0.5) is 5.69 Å². The van der Waals surface area contributed by atoms with Gasteiger partial charge in [-0.05, 0) is 13.3 Å². The Morgan fingerprint density at radius 2 is 2.10 bits per heavy atom. The van der Waals surface area contributed by atoms with E-state index in [4.69, 9.17) is 4.74 Å². The van der Waals surface area contributed by atoms with Gasteiger partial charge in [0.25, 0.3) is 5.91 Å². The fraction of sp³-hybridized carbons (Fsp3) is 0.667. The zero-order chi connectivity index (χ0) is 15.7. The van der Waals surface area contributed by atoms with Crippen molar-refractivity contribution in [3.05, 3.63) is 17.7 Å². The highest BCUT2D eigenvalue weighted by atomic mass is 16.5. The van der Waals surface area contributed by atoms with Crippen LogP contribution in [0.5, 0.6) is 0 Å². The second kappa shape index (κ2) is 9.28. The van der Waals surface area contributed by atoms with Crippen molar-refractivity contribution in [2.24, 2.45) is 0 Å². The Kier molecular flexibility index (Phi) is 7.68. The van der Waals surface area contributed by atoms with Crippen LogP contribution < -0.4 is 10.6 Å². The molecule has 2 N–H and O–H groups in total. The number of rotatable bonds is 9. The minimum Gasteiger partial charge on any atom is -0.382 e. The molecule has 6 nitrogen and oxygen atoms in total. The van der Waals surface area contributed by atoms with Crippen molar-refractivity contribution in [2.75, 3.05) is 31.6 Å². The van der Waals surface area contributed by atoms with Gasteiger partial charge in [-0.2, -0.15) is 0 Å². The molecule has 0 atom stereocenters. The summed E-state index contributed by atoms with van der Waals surface area (Å²) in [5, 5.41) is 6.02. The van der Waals surface area contributed by atoms with Crippen molar-refractivity contribution in [3.63, 3.8) is 0 Å². The third-order valence-corrected chi connectivity index (χ3v) is 2.84. The molecule has 1 rings (SSSR count). The molecule has 1 aromatic heterocycles. The first-order valence-corrected chi connectivity index (χ1v) is 7.56. The minimum atomic E-state index is -0.197. The van der Waals surface area contributed by atoms with Gasteiger partial charge in [0, 0.05) is 25.6 Å². The highest BCUT2D eigenvalue weighted by Gasteiger charge is 2.16. The van der Waals surface area contributed by atoms with E-state index in [-0.39, 0.29) is 11.8 Å². The Morgan fingerprint density at radius 3 is 2.71 bits per heavy atom. The Hall–Kier alpha value is -1.69. The van der Waals surface area contributed by atoms with Crippen molar-refractivity contribution < 1.29 is 9.53 Å². The lowest BCUT2D eigenvalue weighted by atomic mass is 10.2. The molecule has 0 saturated carbocycles. The number of ether oxygens (including phenoxy) is 1. The highest BCUT2D eigenvalue weighted by molar-refractivity contribution is 5.97. The molecular formula is C15H26N4O2. The molecule has 21 heavy (non-hydrogen) atoms. The summed E-state index contributed by atoms with van der Waals surface area (Å²) in [5.41, 5.74) is 1.08. The second-order valence-electron chi connectivity index (χ2n) is 5.02. The number of hydrogen-bond donors (Lipinski definition) is 2. The molecule has 0 aliphatic rings. The Bertz CT molecular complexity index is 449. The molecule has 0 saturated heterocycles. The standard InChI is InChI=1S/C15H26N4O2/c1-5-7-16-12-10-18-14(11(3)4)19-13(12)15(20)17-8-9-21-6-2/h10-11,16H,5-9H2,1-4H3,(H,17,20). The quantitative estimate of drug-likeness (QED) is 0.683. The van der Waals surface area contributed by atoms with Crippen molar-refractivity contribution in [3.8, 4) is 0 Å². The molecule has 0 fully saturated rings. The first-order chi connectivity index (χ1) is 10.1. The van der Waals surface area contributed by atoms with Crippen molar-refractivity contribution in [1.82, 2.24) is 15.3 Å². The summed E-state index contributed by atoms with van der Waals surface area (Å²) in [6.45, 7) is 10.4. The van der Waals surface area contributed by atoms with Crippen LogP contribution in [0.1, 0.15) is 56.3 Å². The zero-order valence-electron chi connectivity index (χ0n) is 13.4. The van der Waals surface area contributed by atoms with E-state index in [1.807, 2.05) is 20.8 Å². The van der Waals surface area contributed by atoms with E-state index >= 15 is 0 Å². The smallest absolute Gasteiger partial charge is 0.272 e. The number of hydrogen-bond acceptors (Lipinski definition) is 5. The molecule has 0 unspecified atom stereocenters. The molecular weight excluding hydrogens is 268 g/mol. The van der Waals surface area contributed by atoms with E-state index in [0.717, 1.165) is 13.0 Å². The third kappa shape index (κ3) is 5.67. The van der Waals surface area contributed by atoms with Crippen LogP contribution in [-0.4, -0.2) is 42.2 Å². The van der Waals surface area contributed by atoms with Crippen LogP contribution in [-0.2, 0) is 4.74 Å². The van der Waals surface area contributed by atoms with Gasteiger partial charge in [0.1, 0.15) is 5.82 Å². The molecule has 0 spiro atoms. The zero-order valence-corrected chi connectivity index (χ0v) is 13.4. The summed E-state index contributed by atoms with van der Waals surface area (Å²) < 4.78 is 5.21. The van der Waals surface area contributed by atoms with E-state index < -0.39 is 0 Å². The minimum absolute atomic E-state index is 0.181. The Labute approximate surface area is 126 Å². The highest BCUT2D eigenvalue weighted by Crippen LogP contribution is 2.16. The van der Waals surface area contributed by atoms with Crippen LogP contribution in [0, 0.1) is 0 Å². The lowest BCUT2D eigenvalue weighted by Crippen LogP contribution is -2.29. The Balaban J connectivity index is 2.83. The first kappa shape index (κ1) is 17.4. The van der Waals surface area contributed by atoms with Gasteiger partial charge in [-0.25, -0.2) is 9.97 Å². The predicted octanol–water partition coefficient (Wildman–Crippen LogP) is 2.19. The average Bonchev–Trinajstić information content (AvgIpc) is 2.49. The topological polar surface area (TPSA) is 76.1 Å². The third-order valence-electron chi connectivity index (χ3n) is 2.84. The summed E-state index contributed by atoms with van der Waals surface area (Å²) in [6.07, 6.45) is 2.66. The van der Waals surface area contributed by atoms with Crippen LogP contribution in [0.15, 0.2) is 6.20 Å².